The molecule has 0 saturated carbocycles. The van der Waals surface area contributed by atoms with Gasteiger partial charge in [0, 0.05) is 11.1 Å². The molecule has 1 amide bonds. The van der Waals surface area contributed by atoms with Gasteiger partial charge in [-0.05, 0) is 37.6 Å². The van der Waals surface area contributed by atoms with Crippen molar-refractivity contribution < 1.29 is 23.4 Å². The molecule has 0 radical (unpaired) electrons. The average molecular weight is 428 g/mol. The summed E-state index contributed by atoms with van der Waals surface area (Å²) < 4.78 is 33.6. The van der Waals surface area contributed by atoms with Gasteiger partial charge in [-0.1, -0.05) is 38.0 Å². The van der Waals surface area contributed by atoms with Gasteiger partial charge in [-0.15, -0.1) is 0 Å². The monoisotopic (exact) mass is 428 g/mol. The SMILES string of the molecule is CCCC[C@H](CO)NC(=O)c1cc(C)nc2c(OCc3c(F)cccc3F)cccc12. The molecule has 1 aromatic heterocycles. The molecule has 1 heterocycles. The van der Waals surface area contributed by atoms with Crippen molar-refractivity contribution in [3.05, 3.63) is 70.9 Å². The third-order valence-corrected chi connectivity index (χ3v) is 5.07. The summed E-state index contributed by atoms with van der Waals surface area (Å²) in [7, 11) is 0. The quantitative estimate of drug-likeness (QED) is 0.519. The number of rotatable bonds is 9. The molecule has 0 saturated heterocycles. The van der Waals surface area contributed by atoms with Crippen LogP contribution in [0, 0.1) is 18.6 Å². The Hall–Kier alpha value is -3.06. The molecule has 0 aliphatic carbocycles. The number of pyridine rings is 1. The smallest absolute Gasteiger partial charge is 0.252 e. The number of carbonyl (C=O) groups is 1. The minimum absolute atomic E-state index is 0.143. The zero-order valence-electron chi connectivity index (χ0n) is 17.6. The number of nitrogens with one attached hydrogen (secondary N) is 1. The van der Waals surface area contributed by atoms with Gasteiger partial charge in [0.2, 0.25) is 0 Å². The second kappa shape index (κ2) is 10.3. The lowest BCUT2D eigenvalue weighted by molar-refractivity contribution is 0.0914. The van der Waals surface area contributed by atoms with Crippen molar-refractivity contribution in [1.29, 1.82) is 0 Å². The van der Waals surface area contributed by atoms with Gasteiger partial charge in [-0.3, -0.25) is 4.79 Å². The van der Waals surface area contributed by atoms with Gasteiger partial charge in [0.15, 0.2) is 0 Å². The van der Waals surface area contributed by atoms with E-state index in [1.54, 1.807) is 31.2 Å². The summed E-state index contributed by atoms with van der Waals surface area (Å²) in [6.07, 6.45) is 2.54. The minimum Gasteiger partial charge on any atom is -0.486 e. The Morgan fingerprint density at radius 3 is 2.58 bits per heavy atom. The lowest BCUT2D eigenvalue weighted by Gasteiger charge is -2.17. The molecule has 3 aromatic rings. The molecule has 0 bridgehead atoms. The summed E-state index contributed by atoms with van der Waals surface area (Å²) in [5.74, 6) is -1.37. The number of aromatic nitrogens is 1. The van der Waals surface area contributed by atoms with Gasteiger partial charge in [-0.25, -0.2) is 13.8 Å². The van der Waals surface area contributed by atoms with E-state index in [0.29, 0.717) is 34.3 Å². The number of fused-ring (bicyclic) bond motifs is 1. The fourth-order valence-corrected chi connectivity index (χ4v) is 3.40. The van der Waals surface area contributed by atoms with Crippen LogP contribution in [0.4, 0.5) is 8.78 Å². The Kier molecular flexibility index (Phi) is 7.52. The van der Waals surface area contributed by atoms with E-state index in [-0.39, 0.29) is 30.7 Å². The van der Waals surface area contributed by atoms with Gasteiger partial charge in [0.1, 0.15) is 29.5 Å². The van der Waals surface area contributed by atoms with E-state index >= 15 is 0 Å². The highest BCUT2D eigenvalue weighted by atomic mass is 19.1. The van der Waals surface area contributed by atoms with Crippen molar-refractivity contribution >= 4 is 16.8 Å². The molecule has 2 aromatic carbocycles. The number of hydrogen-bond acceptors (Lipinski definition) is 4. The number of amides is 1. The fraction of sp³-hybridized carbons (Fsp3) is 0.333. The molecule has 5 nitrogen and oxygen atoms in total. The number of aliphatic hydroxyl groups is 1. The molecular weight excluding hydrogens is 402 g/mol. The zero-order valence-corrected chi connectivity index (χ0v) is 17.6. The number of para-hydroxylation sites is 1. The number of unbranched alkanes of at least 4 members (excludes halogenated alkanes) is 1. The van der Waals surface area contributed by atoms with E-state index in [0.717, 1.165) is 12.8 Å². The first-order valence-electron chi connectivity index (χ1n) is 10.3. The van der Waals surface area contributed by atoms with Gasteiger partial charge in [0.25, 0.3) is 5.91 Å². The molecule has 164 valence electrons. The highest BCUT2D eigenvalue weighted by Crippen LogP contribution is 2.28. The molecule has 0 aliphatic rings. The maximum absolute atomic E-state index is 13.9. The fourth-order valence-electron chi connectivity index (χ4n) is 3.40. The summed E-state index contributed by atoms with van der Waals surface area (Å²) >= 11 is 0. The third-order valence-electron chi connectivity index (χ3n) is 5.07. The van der Waals surface area contributed by atoms with E-state index in [2.05, 4.69) is 10.3 Å². The number of aliphatic hydroxyl groups excluding tert-OH is 1. The maximum Gasteiger partial charge on any atom is 0.252 e. The average Bonchev–Trinajstić information content (AvgIpc) is 2.75. The topological polar surface area (TPSA) is 71.5 Å². The van der Waals surface area contributed by atoms with Crippen LogP contribution in [0.1, 0.15) is 47.8 Å². The predicted molar refractivity (Wildman–Crippen MR) is 115 cm³/mol. The van der Waals surface area contributed by atoms with Crippen LogP contribution >= 0.6 is 0 Å². The van der Waals surface area contributed by atoms with Gasteiger partial charge < -0.3 is 15.2 Å². The normalized spacial score (nSPS) is 12.0. The largest absolute Gasteiger partial charge is 0.486 e. The Labute approximate surface area is 180 Å². The number of carbonyl (C=O) groups excluding carboxylic acids is 1. The minimum atomic E-state index is -0.688. The molecule has 1 atom stereocenters. The molecule has 0 unspecified atom stereocenters. The highest BCUT2D eigenvalue weighted by molar-refractivity contribution is 6.07. The van der Waals surface area contributed by atoms with E-state index < -0.39 is 11.6 Å². The van der Waals surface area contributed by atoms with Crippen molar-refractivity contribution in [2.45, 2.75) is 45.8 Å². The molecule has 31 heavy (non-hydrogen) atoms. The summed E-state index contributed by atoms with van der Waals surface area (Å²) in [5, 5.41) is 13.0. The van der Waals surface area contributed by atoms with Crippen molar-refractivity contribution in [3.63, 3.8) is 0 Å². The van der Waals surface area contributed by atoms with Crippen LogP contribution in [0.15, 0.2) is 42.5 Å². The van der Waals surface area contributed by atoms with Crippen LogP contribution in [0.2, 0.25) is 0 Å². The lowest BCUT2D eigenvalue weighted by atomic mass is 10.0. The summed E-state index contributed by atoms with van der Waals surface area (Å²) in [5.41, 5.74) is 1.25. The van der Waals surface area contributed by atoms with Crippen molar-refractivity contribution in [2.75, 3.05) is 6.61 Å². The van der Waals surface area contributed by atoms with Crippen LogP contribution < -0.4 is 10.1 Å². The molecule has 2 N–H and O–H groups in total. The summed E-state index contributed by atoms with van der Waals surface area (Å²) in [6, 6.07) is 10.1. The van der Waals surface area contributed by atoms with E-state index in [4.69, 9.17) is 4.74 Å². The number of aryl methyl sites for hydroxylation is 1. The van der Waals surface area contributed by atoms with E-state index in [1.165, 1.54) is 18.2 Å². The lowest BCUT2D eigenvalue weighted by Crippen LogP contribution is -2.37. The zero-order chi connectivity index (χ0) is 22.4. The van der Waals surface area contributed by atoms with Gasteiger partial charge in [-0.2, -0.15) is 0 Å². The molecule has 0 spiro atoms. The third kappa shape index (κ3) is 5.35. The summed E-state index contributed by atoms with van der Waals surface area (Å²) in [6.45, 7) is 3.35. The molecular formula is C24H26F2N2O3. The Morgan fingerprint density at radius 2 is 1.90 bits per heavy atom. The van der Waals surface area contributed by atoms with Crippen molar-refractivity contribution in [3.8, 4) is 5.75 Å². The van der Waals surface area contributed by atoms with Gasteiger partial charge in [0.05, 0.1) is 23.8 Å². The Bertz CT molecular complexity index is 1050. The Balaban J connectivity index is 1.91. The van der Waals surface area contributed by atoms with Crippen LogP contribution in [-0.4, -0.2) is 28.6 Å². The molecule has 7 heteroatoms. The second-order valence-corrected chi connectivity index (χ2v) is 7.45. The van der Waals surface area contributed by atoms with Crippen LogP contribution in [0.25, 0.3) is 10.9 Å². The Morgan fingerprint density at radius 1 is 1.19 bits per heavy atom. The van der Waals surface area contributed by atoms with E-state index in [9.17, 15) is 18.7 Å². The van der Waals surface area contributed by atoms with Gasteiger partial charge >= 0.3 is 0 Å². The first-order valence-corrected chi connectivity index (χ1v) is 10.3. The molecule has 0 fully saturated rings. The van der Waals surface area contributed by atoms with Crippen LogP contribution in [0.5, 0.6) is 5.75 Å². The highest BCUT2D eigenvalue weighted by Gasteiger charge is 2.18. The number of halogens is 2. The van der Waals surface area contributed by atoms with E-state index in [1.807, 2.05) is 6.92 Å². The molecule has 3 rings (SSSR count). The number of nitrogens with zero attached hydrogens (tertiary/aromatic N) is 1. The van der Waals surface area contributed by atoms with Crippen molar-refractivity contribution in [1.82, 2.24) is 10.3 Å². The number of hydrogen-bond donors (Lipinski definition) is 2. The van der Waals surface area contributed by atoms with Crippen LogP contribution in [-0.2, 0) is 6.61 Å². The first-order chi connectivity index (χ1) is 14.9. The predicted octanol–water partition coefficient (Wildman–Crippen LogP) is 4.68. The first kappa shape index (κ1) is 22.6. The maximum atomic E-state index is 13.9. The standard InChI is InChI=1S/C24H26F2N2O3/c1-3-4-7-16(13-29)28-24(30)18-12-15(2)27-23-17(18)8-5-11-22(23)31-14-19-20(25)9-6-10-21(19)26/h5-6,8-12,16,29H,3-4,7,13-14H2,1-2H3,(H,28,30)/t16-/m1/s1. The van der Waals surface area contributed by atoms with Crippen molar-refractivity contribution in [2.24, 2.45) is 0 Å². The number of benzene rings is 2. The second-order valence-electron chi connectivity index (χ2n) is 7.45. The van der Waals surface area contributed by atoms with Crippen LogP contribution in [0.3, 0.4) is 0 Å². The molecule has 0 aliphatic heterocycles. The summed E-state index contributed by atoms with van der Waals surface area (Å²) in [4.78, 5) is 17.4. The number of ether oxygens (including phenoxy) is 1.